The average Bonchev–Trinajstić information content (AvgIpc) is 3.79. The topological polar surface area (TPSA) is 140 Å². The molecule has 0 spiro atoms. The SMILES string of the molecule is CCC(=O)C[C@@H](Cc1nc2ccc(CC)cc2s1)C(=O)N[C@H](C(=O)C[C@@H](CCCCN)C(=O)N[C@@H]1CCOc2ccccc21)C1CCCC1. The second kappa shape index (κ2) is 17.9. The van der Waals surface area contributed by atoms with Gasteiger partial charge in [-0.25, -0.2) is 4.98 Å². The highest BCUT2D eigenvalue weighted by Crippen LogP contribution is 2.34. The Morgan fingerprint density at radius 1 is 0.980 bits per heavy atom. The van der Waals surface area contributed by atoms with E-state index in [4.69, 9.17) is 15.5 Å². The lowest BCUT2D eigenvalue weighted by Gasteiger charge is -2.30. The number of benzene rings is 2. The van der Waals surface area contributed by atoms with E-state index in [9.17, 15) is 19.2 Å². The molecule has 0 unspecified atom stereocenters. The molecule has 264 valence electrons. The third-order valence-corrected chi connectivity index (χ3v) is 11.2. The Morgan fingerprint density at radius 2 is 1.78 bits per heavy atom. The normalized spacial score (nSPS) is 17.9. The molecule has 2 aromatic carbocycles. The lowest BCUT2D eigenvalue weighted by Crippen LogP contribution is -2.49. The van der Waals surface area contributed by atoms with Gasteiger partial charge in [0.05, 0.1) is 39.8 Å². The van der Waals surface area contributed by atoms with E-state index in [1.807, 2.05) is 30.3 Å². The molecule has 5 rings (SSSR count). The van der Waals surface area contributed by atoms with Crippen molar-refractivity contribution in [2.24, 2.45) is 23.5 Å². The molecule has 49 heavy (non-hydrogen) atoms. The van der Waals surface area contributed by atoms with Gasteiger partial charge in [-0.05, 0) is 68.3 Å². The minimum atomic E-state index is -0.703. The number of unbranched alkanes of at least 4 members (excludes halogenated alkanes) is 1. The van der Waals surface area contributed by atoms with Gasteiger partial charge in [-0.2, -0.15) is 0 Å². The fraction of sp³-hybridized carbons (Fsp3) is 0.564. The van der Waals surface area contributed by atoms with Crippen LogP contribution in [-0.2, 0) is 32.0 Å². The number of Topliss-reactive ketones (excluding diaryl/α,β-unsaturated/α-hetero) is 2. The summed E-state index contributed by atoms with van der Waals surface area (Å²) >= 11 is 1.56. The number of rotatable bonds is 18. The Balaban J connectivity index is 1.32. The zero-order valence-electron chi connectivity index (χ0n) is 29.0. The first kappa shape index (κ1) is 36.6. The Bertz CT molecular complexity index is 1600. The summed E-state index contributed by atoms with van der Waals surface area (Å²) in [7, 11) is 0. The number of ketones is 2. The van der Waals surface area contributed by atoms with Crippen LogP contribution < -0.4 is 21.1 Å². The molecule has 2 aliphatic rings. The van der Waals surface area contributed by atoms with Crippen molar-refractivity contribution in [3.05, 3.63) is 58.6 Å². The minimum absolute atomic E-state index is 0.00372. The number of carbonyl (C=O) groups is 4. The molecule has 1 fully saturated rings. The van der Waals surface area contributed by atoms with Gasteiger partial charge in [-0.15, -0.1) is 11.3 Å². The molecule has 0 bridgehead atoms. The van der Waals surface area contributed by atoms with Gasteiger partial charge in [0.2, 0.25) is 11.8 Å². The molecule has 3 aromatic rings. The first-order valence-corrected chi connectivity index (χ1v) is 19.1. The van der Waals surface area contributed by atoms with E-state index >= 15 is 0 Å². The van der Waals surface area contributed by atoms with Crippen LogP contribution in [0, 0.1) is 17.8 Å². The van der Waals surface area contributed by atoms with Gasteiger partial charge in [-0.1, -0.05) is 57.4 Å². The molecule has 4 atom stereocenters. The fourth-order valence-corrected chi connectivity index (χ4v) is 8.36. The number of ether oxygens (including phenoxy) is 1. The monoisotopic (exact) mass is 688 g/mol. The zero-order valence-corrected chi connectivity index (χ0v) is 29.8. The number of para-hydroxylation sites is 1. The number of aromatic nitrogens is 1. The van der Waals surface area contributed by atoms with Crippen molar-refractivity contribution in [2.45, 2.75) is 109 Å². The number of fused-ring (bicyclic) bond motifs is 2. The van der Waals surface area contributed by atoms with Gasteiger partial charge in [-0.3, -0.25) is 19.2 Å². The van der Waals surface area contributed by atoms with Crippen LogP contribution in [0.5, 0.6) is 5.75 Å². The molecule has 10 heteroatoms. The van der Waals surface area contributed by atoms with E-state index < -0.39 is 17.9 Å². The maximum absolute atomic E-state index is 14.2. The Kier molecular flexibility index (Phi) is 13.4. The van der Waals surface area contributed by atoms with E-state index in [2.05, 4.69) is 29.7 Å². The van der Waals surface area contributed by atoms with E-state index in [-0.39, 0.29) is 48.2 Å². The average molecular weight is 689 g/mol. The predicted octanol–water partition coefficient (Wildman–Crippen LogP) is 6.41. The number of aryl methyl sites for hydroxylation is 1. The molecule has 9 nitrogen and oxygen atoms in total. The summed E-state index contributed by atoms with van der Waals surface area (Å²) in [6.07, 6.45) is 8.10. The highest BCUT2D eigenvalue weighted by Gasteiger charge is 2.37. The van der Waals surface area contributed by atoms with Gasteiger partial charge in [0.1, 0.15) is 11.5 Å². The summed E-state index contributed by atoms with van der Waals surface area (Å²) in [6, 6.07) is 13.0. The molecule has 2 amide bonds. The number of hydrogen-bond acceptors (Lipinski definition) is 8. The third-order valence-electron chi connectivity index (χ3n) is 10.2. The second-order valence-electron chi connectivity index (χ2n) is 13.7. The summed E-state index contributed by atoms with van der Waals surface area (Å²) in [5.41, 5.74) is 8.84. The lowest BCUT2D eigenvalue weighted by molar-refractivity contribution is -0.135. The summed E-state index contributed by atoms with van der Waals surface area (Å²) in [6.45, 7) is 4.94. The predicted molar refractivity (Wildman–Crippen MR) is 193 cm³/mol. The number of nitrogens with one attached hydrogen (secondary N) is 2. The van der Waals surface area contributed by atoms with Crippen LogP contribution in [-0.4, -0.2) is 47.6 Å². The summed E-state index contributed by atoms with van der Waals surface area (Å²) in [5.74, 6) is -0.954. The highest BCUT2D eigenvalue weighted by molar-refractivity contribution is 7.18. The van der Waals surface area contributed by atoms with Crippen LogP contribution in [0.2, 0.25) is 0 Å². The molecular formula is C39H52N4O5S. The van der Waals surface area contributed by atoms with Gasteiger partial charge < -0.3 is 21.1 Å². The fourth-order valence-electron chi connectivity index (χ4n) is 7.25. The van der Waals surface area contributed by atoms with Gasteiger partial charge >= 0.3 is 0 Å². The highest BCUT2D eigenvalue weighted by atomic mass is 32.1. The van der Waals surface area contributed by atoms with Crippen molar-refractivity contribution in [3.8, 4) is 5.75 Å². The van der Waals surface area contributed by atoms with Crippen LogP contribution in [0.1, 0.15) is 107 Å². The number of nitrogens with two attached hydrogens (primary N) is 1. The van der Waals surface area contributed by atoms with Gasteiger partial charge in [0.25, 0.3) is 0 Å². The molecule has 1 aliphatic carbocycles. The van der Waals surface area contributed by atoms with Crippen molar-refractivity contribution < 1.29 is 23.9 Å². The second-order valence-corrected chi connectivity index (χ2v) is 14.8. The van der Waals surface area contributed by atoms with Crippen molar-refractivity contribution in [1.82, 2.24) is 15.6 Å². The number of amides is 2. The number of hydrogen-bond donors (Lipinski definition) is 3. The van der Waals surface area contributed by atoms with Crippen molar-refractivity contribution in [2.75, 3.05) is 13.2 Å². The summed E-state index contributed by atoms with van der Waals surface area (Å²) < 4.78 is 6.86. The zero-order chi connectivity index (χ0) is 34.8. The first-order chi connectivity index (χ1) is 23.8. The summed E-state index contributed by atoms with van der Waals surface area (Å²) in [4.78, 5) is 59.6. The standard InChI is InChI=1S/C39H52N4O5S/c1-3-25-16-17-32-35(21-25)49-36(41-32)24-28(22-29(44)4-2)39(47)43-37(26-11-5-6-12-26)33(45)23-27(13-9-10-19-40)38(46)42-31-18-20-48-34-15-8-7-14-30(31)34/h7-8,14-17,21,26-28,31,37H,3-6,9-13,18-20,22-24,40H2,1-2H3,(H,42,46)(H,43,47)/t27-,28+,31-,37+/m1/s1. The van der Waals surface area contributed by atoms with Crippen LogP contribution in [0.3, 0.4) is 0 Å². The van der Waals surface area contributed by atoms with Gasteiger partial charge in [0.15, 0.2) is 5.78 Å². The molecule has 1 saturated carbocycles. The Hall–Kier alpha value is -3.63. The van der Waals surface area contributed by atoms with E-state index in [0.29, 0.717) is 38.8 Å². The summed E-state index contributed by atoms with van der Waals surface area (Å²) in [5, 5.41) is 7.16. The van der Waals surface area contributed by atoms with E-state index in [1.165, 1.54) is 5.56 Å². The minimum Gasteiger partial charge on any atom is -0.493 e. The maximum atomic E-state index is 14.2. The largest absolute Gasteiger partial charge is 0.493 e. The molecule has 1 aliphatic heterocycles. The third kappa shape index (κ3) is 9.75. The van der Waals surface area contributed by atoms with Crippen molar-refractivity contribution >= 4 is 44.9 Å². The maximum Gasteiger partial charge on any atom is 0.224 e. The lowest BCUT2D eigenvalue weighted by atomic mass is 9.86. The molecule has 0 radical (unpaired) electrons. The first-order valence-electron chi connectivity index (χ1n) is 18.2. The van der Waals surface area contributed by atoms with E-state index in [0.717, 1.165) is 71.5 Å². The smallest absolute Gasteiger partial charge is 0.224 e. The van der Waals surface area contributed by atoms with E-state index in [1.54, 1.807) is 18.3 Å². The molecular weight excluding hydrogens is 637 g/mol. The molecule has 4 N–H and O–H groups in total. The van der Waals surface area contributed by atoms with Gasteiger partial charge in [0, 0.05) is 43.6 Å². The Labute approximate surface area is 294 Å². The number of carbonyl (C=O) groups excluding carboxylic acids is 4. The molecule has 1 aromatic heterocycles. The number of thiazole rings is 1. The van der Waals surface area contributed by atoms with Crippen molar-refractivity contribution in [1.29, 1.82) is 0 Å². The molecule has 2 heterocycles. The van der Waals surface area contributed by atoms with Crippen LogP contribution in [0.15, 0.2) is 42.5 Å². The van der Waals surface area contributed by atoms with Crippen LogP contribution >= 0.6 is 11.3 Å². The molecule has 0 saturated heterocycles. The number of nitrogens with zero attached hydrogens (tertiary/aromatic N) is 1. The van der Waals surface area contributed by atoms with Crippen LogP contribution in [0.25, 0.3) is 10.2 Å². The van der Waals surface area contributed by atoms with Crippen molar-refractivity contribution in [3.63, 3.8) is 0 Å². The quantitative estimate of drug-likeness (QED) is 0.131. The Morgan fingerprint density at radius 3 is 2.53 bits per heavy atom. The van der Waals surface area contributed by atoms with Crippen LogP contribution in [0.4, 0.5) is 0 Å².